The fourth-order valence-corrected chi connectivity index (χ4v) is 3.32. The lowest BCUT2D eigenvalue weighted by molar-refractivity contribution is -0.140. The Kier molecular flexibility index (Phi) is 4.62. The van der Waals surface area contributed by atoms with Gasteiger partial charge in [0.05, 0.1) is 0 Å². The standard InChI is InChI=1S/C19H27N5O/c1-12-11-20-17(21-12)16-10-15(22-13(2)23-16)14-6-8-24(9-7-14)18(25)19(3,4)5/h10-11,14H,6-9H2,1-5H3,(H,20,21). The summed E-state index contributed by atoms with van der Waals surface area (Å²) in [5.41, 5.74) is 2.59. The number of nitrogens with one attached hydrogen (secondary N) is 1. The zero-order chi connectivity index (χ0) is 18.2. The fourth-order valence-electron chi connectivity index (χ4n) is 3.32. The Morgan fingerprint density at radius 1 is 1.20 bits per heavy atom. The van der Waals surface area contributed by atoms with E-state index in [1.807, 2.05) is 51.8 Å². The van der Waals surface area contributed by atoms with E-state index in [1.165, 1.54) is 0 Å². The molecular formula is C19H27N5O. The van der Waals surface area contributed by atoms with E-state index in [9.17, 15) is 4.79 Å². The first-order chi connectivity index (χ1) is 11.7. The van der Waals surface area contributed by atoms with Crippen LogP contribution in [0.4, 0.5) is 0 Å². The van der Waals surface area contributed by atoms with Gasteiger partial charge in [0, 0.05) is 42.0 Å². The smallest absolute Gasteiger partial charge is 0.227 e. The monoisotopic (exact) mass is 341 g/mol. The van der Waals surface area contributed by atoms with Gasteiger partial charge in [-0.1, -0.05) is 20.8 Å². The minimum atomic E-state index is -0.317. The number of aryl methyl sites for hydroxylation is 2. The molecule has 134 valence electrons. The van der Waals surface area contributed by atoms with Crippen LogP contribution in [0.5, 0.6) is 0 Å². The van der Waals surface area contributed by atoms with Gasteiger partial charge in [-0.25, -0.2) is 15.0 Å². The number of aromatic nitrogens is 4. The number of rotatable bonds is 2. The number of likely N-dealkylation sites (tertiary alicyclic amines) is 1. The largest absolute Gasteiger partial charge is 0.342 e. The molecule has 0 bridgehead atoms. The van der Waals surface area contributed by atoms with Gasteiger partial charge >= 0.3 is 0 Å². The number of nitrogens with zero attached hydrogens (tertiary/aromatic N) is 4. The molecule has 6 heteroatoms. The second kappa shape index (κ2) is 6.58. The SMILES string of the molecule is Cc1nc(-c2ncc(C)[nH]2)cc(C2CCN(C(=O)C(C)(C)C)CC2)n1. The predicted molar refractivity (Wildman–Crippen MR) is 97.1 cm³/mol. The van der Waals surface area contributed by atoms with Crippen LogP contribution in [0.1, 0.15) is 56.7 Å². The molecule has 0 saturated carbocycles. The molecule has 3 rings (SSSR count). The van der Waals surface area contributed by atoms with Crippen LogP contribution in [0.25, 0.3) is 11.5 Å². The van der Waals surface area contributed by atoms with E-state index < -0.39 is 0 Å². The summed E-state index contributed by atoms with van der Waals surface area (Å²) in [6, 6.07) is 2.04. The van der Waals surface area contributed by atoms with Crippen LogP contribution in [0.15, 0.2) is 12.3 Å². The van der Waals surface area contributed by atoms with Crippen molar-refractivity contribution >= 4 is 5.91 Å². The molecule has 1 amide bonds. The van der Waals surface area contributed by atoms with Crippen molar-refractivity contribution in [3.05, 3.63) is 29.5 Å². The van der Waals surface area contributed by atoms with Crippen molar-refractivity contribution in [2.75, 3.05) is 13.1 Å². The maximum absolute atomic E-state index is 12.4. The normalized spacial score (nSPS) is 16.3. The number of carbonyl (C=O) groups is 1. The Balaban J connectivity index is 1.75. The van der Waals surface area contributed by atoms with E-state index >= 15 is 0 Å². The van der Waals surface area contributed by atoms with Crippen LogP contribution in [-0.2, 0) is 4.79 Å². The first kappa shape index (κ1) is 17.6. The quantitative estimate of drug-likeness (QED) is 0.910. The van der Waals surface area contributed by atoms with Crippen molar-refractivity contribution in [2.45, 2.75) is 53.4 Å². The number of hydrogen-bond acceptors (Lipinski definition) is 4. The van der Waals surface area contributed by atoms with E-state index in [1.54, 1.807) is 0 Å². The maximum Gasteiger partial charge on any atom is 0.227 e. The Bertz CT molecular complexity index is 766. The van der Waals surface area contributed by atoms with Gasteiger partial charge in [0.25, 0.3) is 0 Å². The second-order valence-corrected chi connectivity index (χ2v) is 7.96. The molecule has 1 aliphatic rings. The number of H-pyrrole nitrogens is 1. The average Bonchev–Trinajstić information content (AvgIpc) is 2.99. The summed E-state index contributed by atoms with van der Waals surface area (Å²) < 4.78 is 0. The third-order valence-corrected chi connectivity index (χ3v) is 4.65. The zero-order valence-corrected chi connectivity index (χ0v) is 15.8. The lowest BCUT2D eigenvalue weighted by atomic mass is 9.89. The van der Waals surface area contributed by atoms with Gasteiger partial charge in [-0.15, -0.1) is 0 Å². The fraction of sp³-hybridized carbons (Fsp3) is 0.579. The highest BCUT2D eigenvalue weighted by atomic mass is 16.2. The van der Waals surface area contributed by atoms with Gasteiger partial charge in [0.1, 0.15) is 11.5 Å². The maximum atomic E-state index is 12.4. The number of amides is 1. The van der Waals surface area contributed by atoms with Crippen molar-refractivity contribution < 1.29 is 4.79 Å². The first-order valence-electron chi connectivity index (χ1n) is 8.91. The van der Waals surface area contributed by atoms with Gasteiger partial charge in [0.15, 0.2) is 5.82 Å². The Hall–Kier alpha value is -2.24. The van der Waals surface area contributed by atoms with E-state index in [0.29, 0.717) is 5.92 Å². The molecule has 3 heterocycles. The van der Waals surface area contributed by atoms with Gasteiger partial charge in [0.2, 0.25) is 5.91 Å². The lowest BCUT2D eigenvalue weighted by Crippen LogP contribution is -2.43. The minimum absolute atomic E-state index is 0.233. The minimum Gasteiger partial charge on any atom is -0.342 e. The van der Waals surface area contributed by atoms with Crippen LogP contribution in [0.2, 0.25) is 0 Å². The first-order valence-corrected chi connectivity index (χ1v) is 8.91. The molecule has 0 spiro atoms. The highest BCUT2D eigenvalue weighted by Gasteiger charge is 2.31. The molecule has 0 unspecified atom stereocenters. The number of aromatic amines is 1. The molecule has 2 aromatic heterocycles. The molecule has 6 nitrogen and oxygen atoms in total. The molecular weight excluding hydrogens is 314 g/mol. The van der Waals surface area contributed by atoms with Crippen molar-refractivity contribution in [2.24, 2.45) is 5.41 Å². The second-order valence-electron chi connectivity index (χ2n) is 7.96. The van der Waals surface area contributed by atoms with Crippen LogP contribution >= 0.6 is 0 Å². The van der Waals surface area contributed by atoms with Crippen molar-refractivity contribution in [1.82, 2.24) is 24.8 Å². The van der Waals surface area contributed by atoms with Crippen molar-refractivity contribution in [3.63, 3.8) is 0 Å². The van der Waals surface area contributed by atoms with Crippen LogP contribution in [0.3, 0.4) is 0 Å². The zero-order valence-electron chi connectivity index (χ0n) is 15.8. The molecule has 1 N–H and O–H groups in total. The van der Waals surface area contributed by atoms with Crippen LogP contribution < -0.4 is 0 Å². The third kappa shape index (κ3) is 3.89. The van der Waals surface area contributed by atoms with Crippen molar-refractivity contribution in [3.8, 4) is 11.5 Å². The lowest BCUT2D eigenvalue weighted by Gasteiger charge is -2.35. The summed E-state index contributed by atoms with van der Waals surface area (Å²) in [5.74, 6) is 2.14. The van der Waals surface area contributed by atoms with Gasteiger partial charge in [-0.2, -0.15) is 0 Å². The van der Waals surface area contributed by atoms with Gasteiger partial charge in [-0.3, -0.25) is 4.79 Å². The molecule has 1 saturated heterocycles. The third-order valence-electron chi connectivity index (χ3n) is 4.65. The number of imidazole rings is 1. The number of carbonyl (C=O) groups excluding carboxylic acids is 1. The van der Waals surface area contributed by atoms with E-state index in [-0.39, 0.29) is 11.3 Å². The van der Waals surface area contributed by atoms with E-state index in [4.69, 9.17) is 0 Å². The van der Waals surface area contributed by atoms with Gasteiger partial charge in [-0.05, 0) is 32.8 Å². The topological polar surface area (TPSA) is 74.8 Å². The summed E-state index contributed by atoms with van der Waals surface area (Å²) in [4.78, 5) is 31.2. The molecule has 0 aromatic carbocycles. The van der Waals surface area contributed by atoms with Crippen LogP contribution in [-0.4, -0.2) is 43.8 Å². The summed E-state index contributed by atoms with van der Waals surface area (Å²) in [7, 11) is 0. The number of piperidine rings is 1. The highest BCUT2D eigenvalue weighted by Crippen LogP contribution is 2.30. The molecule has 0 radical (unpaired) electrons. The molecule has 25 heavy (non-hydrogen) atoms. The molecule has 1 aliphatic heterocycles. The van der Waals surface area contributed by atoms with Gasteiger partial charge < -0.3 is 9.88 Å². The predicted octanol–water partition coefficient (Wildman–Crippen LogP) is 3.24. The molecule has 0 aliphatic carbocycles. The molecule has 2 aromatic rings. The van der Waals surface area contributed by atoms with E-state index in [0.717, 1.165) is 54.7 Å². The Morgan fingerprint density at radius 2 is 1.88 bits per heavy atom. The van der Waals surface area contributed by atoms with E-state index in [2.05, 4.69) is 19.9 Å². The van der Waals surface area contributed by atoms with Crippen molar-refractivity contribution in [1.29, 1.82) is 0 Å². The summed E-state index contributed by atoms with van der Waals surface area (Å²) >= 11 is 0. The Morgan fingerprint density at radius 3 is 2.44 bits per heavy atom. The highest BCUT2D eigenvalue weighted by molar-refractivity contribution is 5.81. The Labute approximate surface area is 149 Å². The number of hydrogen-bond donors (Lipinski definition) is 1. The molecule has 1 fully saturated rings. The molecule has 0 atom stereocenters. The summed E-state index contributed by atoms with van der Waals surface area (Å²) in [6.07, 6.45) is 3.69. The summed E-state index contributed by atoms with van der Waals surface area (Å²) in [6.45, 7) is 11.4. The summed E-state index contributed by atoms with van der Waals surface area (Å²) in [5, 5.41) is 0. The van der Waals surface area contributed by atoms with Crippen LogP contribution in [0, 0.1) is 19.3 Å². The average molecular weight is 341 g/mol.